The van der Waals surface area contributed by atoms with Crippen LogP contribution in [-0.2, 0) is 37.9 Å². The number of allylic oxidation sites excluding steroid dienone is 1. The Morgan fingerprint density at radius 1 is 0.667 bits per heavy atom. The predicted octanol–water partition coefficient (Wildman–Crippen LogP) is -0.671. The van der Waals surface area contributed by atoms with Crippen LogP contribution in [0.1, 0.15) is 92.4 Å². The van der Waals surface area contributed by atoms with Crippen LogP contribution in [0.5, 0.6) is 0 Å². The molecule has 9 aliphatic rings. The van der Waals surface area contributed by atoms with Crippen LogP contribution in [-0.4, -0.2) is 187 Å². The monoisotopic (exact) mass is 900 g/mol. The van der Waals surface area contributed by atoms with Crippen molar-refractivity contribution in [1.29, 1.82) is 0 Å². The van der Waals surface area contributed by atoms with Crippen molar-refractivity contribution < 1.29 is 89.0 Å². The van der Waals surface area contributed by atoms with Gasteiger partial charge in [0.25, 0.3) is 0 Å². The van der Waals surface area contributed by atoms with Gasteiger partial charge < -0.3 is 89.0 Å². The second kappa shape index (κ2) is 17.2. The van der Waals surface area contributed by atoms with Gasteiger partial charge in [0.1, 0.15) is 67.1 Å². The van der Waals surface area contributed by atoms with Crippen molar-refractivity contribution in [2.75, 3.05) is 19.8 Å². The quantitative estimate of drug-likeness (QED) is 0.129. The molecule has 0 radical (unpaired) electrons. The van der Waals surface area contributed by atoms with Crippen LogP contribution in [0.15, 0.2) is 11.6 Å². The minimum absolute atomic E-state index is 0.0181. The van der Waals surface area contributed by atoms with Crippen molar-refractivity contribution in [2.45, 2.75) is 208 Å². The fourth-order valence-electron chi connectivity index (χ4n) is 14.2. The van der Waals surface area contributed by atoms with Crippen molar-refractivity contribution in [1.82, 2.24) is 0 Å². The third-order valence-corrected chi connectivity index (χ3v) is 17.8. The molecule has 0 aromatic rings. The van der Waals surface area contributed by atoms with E-state index in [1.54, 1.807) is 0 Å². The van der Waals surface area contributed by atoms with Crippen LogP contribution >= 0.6 is 0 Å². The molecule has 26 atom stereocenters. The first-order valence-electron chi connectivity index (χ1n) is 23.4. The second-order valence-electron chi connectivity index (χ2n) is 21.3. The fourth-order valence-corrected chi connectivity index (χ4v) is 14.2. The molecule has 8 fully saturated rings. The summed E-state index contributed by atoms with van der Waals surface area (Å²) in [4.78, 5) is 0. The summed E-state index contributed by atoms with van der Waals surface area (Å²) in [5, 5.41) is 106. The normalized spacial score (nSPS) is 57.9. The average molecular weight is 901 g/mol. The van der Waals surface area contributed by atoms with Gasteiger partial charge >= 0.3 is 0 Å². The highest BCUT2D eigenvalue weighted by atomic mass is 16.8. The largest absolute Gasteiger partial charge is 0.394 e. The predicted molar refractivity (Wildman–Crippen MR) is 216 cm³/mol. The van der Waals surface area contributed by atoms with E-state index in [1.807, 2.05) is 6.92 Å². The summed E-state index contributed by atoms with van der Waals surface area (Å²) in [5.41, 5.74) is 0.779. The summed E-state index contributed by atoms with van der Waals surface area (Å²) in [7, 11) is 0. The molecule has 0 aromatic carbocycles. The van der Waals surface area contributed by atoms with E-state index in [2.05, 4.69) is 26.8 Å². The van der Waals surface area contributed by atoms with Gasteiger partial charge in [-0.1, -0.05) is 32.4 Å². The van der Waals surface area contributed by atoms with E-state index in [4.69, 9.17) is 37.9 Å². The molecular formula is C45H72O18. The Morgan fingerprint density at radius 3 is 2.02 bits per heavy atom. The Bertz CT molecular complexity index is 1670. The lowest BCUT2D eigenvalue weighted by molar-refractivity contribution is -0.389. The number of fused-ring (bicyclic) bond motifs is 7. The van der Waals surface area contributed by atoms with Gasteiger partial charge in [0.15, 0.2) is 24.7 Å². The van der Waals surface area contributed by atoms with Crippen molar-refractivity contribution in [3.63, 3.8) is 0 Å². The Hall–Kier alpha value is -0.980. The lowest BCUT2D eigenvalue weighted by Gasteiger charge is -2.58. The summed E-state index contributed by atoms with van der Waals surface area (Å²) in [6, 6.07) is 0. The molecule has 5 aliphatic heterocycles. The first-order chi connectivity index (χ1) is 29.8. The maximum atomic E-state index is 12.0. The first-order valence-corrected chi connectivity index (χ1v) is 23.4. The molecule has 63 heavy (non-hydrogen) atoms. The van der Waals surface area contributed by atoms with Gasteiger partial charge in [0.2, 0.25) is 0 Å². The van der Waals surface area contributed by atoms with Gasteiger partial charge in [-0.2, -0.15) is 0 Å². The standard InChI is InChI=1S/C45H72O18/c1-19-29-26(62-45(19)13-12-42(3,18-48)63-45)15-25-23-7-6-21-14-22(8-10-43(21,4)24(23)9-11-44(25,29)5)57-41-38(61-39-34(53)32(51)30(49)20(2)56-39)36(55)37(28(17-47)59-41)60-40-35(54)33(52)31(50)27(16-46)58-40/h6,19-20,22-41,46-55H,7-18H2,1-5H3/t19-,20-,22-,23+,24-,25-,26-,27+,28+,29-,30-,31+,32+,33-,34+,35+,36-,37+,38+,39-,40-,41+,42-,43-,44-,45-/m0/s1. The molecule has 0 aromatic heterocycles. The molecule has 9 rings (SSSR count). The molecule has 18 heteroatoms. The molecule has 360 valence electrons. The molecule has 5 saturated heterocycles. The van der Waals surface area contributed by atoms with Crippen molar-refractivity contribution in [3.8, 4) is 0 Å². The summed E-state index contributed by atoms with van der Waals surface area (Å²) in [6.07, 6.45) is -13.1. The maximum absolute atomic E-state index is 12.0. The fraction of sp³-hybridized carbons (Fsp3) is 0.956. The number of aliphatic hydroxyl groups is 10. The number of hydrogen-bond donors (Lipinski definition) is 10. The highest BCUT2D eigenvalue weighted by Gasteiger charge is 2.70. The van der Waals surface area contributed by atoms with Gasteiger partial charge in [-0.05, 0) is 99.7 Å². The Balaban J connectivity index is 0.917. The van der Waals surface area contributed by atoms with Gasteiger partial charge in [0.05, 0.1) is 43.7 Å². The van der Waals surface area contributed by atoms with Gasteiger partial charge in [-0.15, -0.1) is 0 Å². The summed E-state index contributed by atoms with van der Waals surface area (Å²) in [5.74, 6) is 1.44. The number of hydrogen-bond acceptors (Lipinski definition) is 18. The Kier molecular flexibility index (Phi) is 12.9. The molecule has 0 amide bonds. The minimum atomic E-state index is -1.82. The van der Waals surface area contributed by atoms with Gasteiger partial charge in [-0.3, -0.25) is 0 Å². The molecule has 5 heterocycles. The van der Waals surface area contributed by atoms with Crippen molar-refractivity contribution in [2.24, 2.45) is 40.4 Å². The minimum Gasteiger partial charge on any atom is -0.394 e. The van der Waals surface area contributed by atoms with Gasteiger partial charge in [0, 0.05) is 12.3 Å². The zero-order valence-electron chi connectivity index (χ0n) is 37.0. The maximum Gasteiger partial charge on any atom is 0.187 e. The summed E-state index contributed by atoms with van der Waals surface area (Å²) in [6.45, 7) is 9.20. The summed E-state index contributed by atoms with van der Waals surface area (Å²) >= 11 is 0. The summed E-state index contributed by atoms with van der Waals surface area (Å²) < 4.78 is 49.9. The number of rotatable bonds is 9. The molecule has 3 saturated carbocycles. The Labute approximate surface area is 368 Å². The van der Waals surface area contributed by atoms with Crippen LogP contribution in [0.25, 0.3) is 0 Å². The van der Waals surface area contributed by atoms with E-state index in [9.17, 15) is 51.1 Å². The van der Waals surface area contributed by atoms with E-state index in [0.29, 0.717) is 36.5 Å². The van der Waals surface area contributed by atoms with Crippen LogP contribution in [0.3, 0.4) is 0 Å². The van der Waals surface area contributed by atoms with E-state index < -0.39 is 123 Å². The third kappa shape index (κ3) is 7.62. The van der Waals surface area contributed by atoms with Crippen LogP contribution in [0.4, 0.5) is 0 Å². The number of aliphatic hydroxyl groups excluding tert-OH is 10. The van der Waals surface area contributed by atoms with E-state index in [-0.39, 0.29) is 29.5 Å². The lowest BCUT2D eigenvalue weighted by atomic mass is 9.47. The van der Waals surface area contributed by atoms with E-state index in [0.717, 1.165) is 44.9 Å². The molecular weight excluding hydrogens is 828 g/mol. The third-order valence-electron chi connectivity index (χ3n) is 17.8. The van der Waals surface area contributed by atoms with Gasteiger partial charge in [-0.25, -0.2) is 0 Å². The van der Waals surface area contributed by atoms with Crippen molar-refractivity contribution >= 4 is 0 Å². The highest BCUT2D eigenvalue weighted by Crippen LogP contribution is 2.71. The molecule has 4 aliphatic carbocycles. The van der Waals surface area contributed by atoms with E-state index >= 15 is 0 Å². The van der Waals surface area contributed by atoms with E-state index in [1.165, 1.54) is 12.5 Å². The second-order valence-corrected chi connectivity index (χ2v) is 21.3. The first kappa shape index (κ1) is 47.1. The van der Waals surface area contributed by atoms with Crippen LogP contribution in [0.2, 0.25) is 0 Å². The SMILES string of the molecule is C[C@@H]1O[C@@H](O[C@H]2[C@H](O[C@H]3CC[C@@]4(C)C(=CC[C@H]5[C@@H]6C[C@@H]7O[C@]8(CC[C@@](C)(CO)O8)[C@@H](C)[C@@H]7[C@@]6(C)CC[C@@H]54)C3)O[C@H](CO)[C@@H](O[C@@H]3O[C@H](CO)[C@@H](O)[C@H](O)[C@H]3O)[C@@H]2O)[C@H](O)[C@H](O)[C@H]1O. The zero-order chi connectivity index (χ0) is 45.1. The Morgan fingerprint density at radius 2 is 1.33 bits per heavy atom. The molecule has 1 spiro atoms. The molecule has 18 nitrogen and oxygen atoms in total. The molecule has 10 N–H and O–H groups in total. The average Bonchev–Trinajstić information content (AvgIpc) is 3.87. The number of ether oxygens (including phenoxy) is 8. The zero-order valence-corrected chi connectivity index (χ0v) is 37.0. The van der Waals surface area contributed by atoms with Crippen LogP contribution < -0.4 is 0 Å². The highest BCUT2D eigenvalue weighted by molar-refractivity contribution is 5.26. The van der Waals surface area contributed by atoms with Crippen LogP contribution in [0, 0.1) is 40.4 Å². The smallest absolute Gasteiger partial charge is 0.187 e. The van der Waals surface area contributed by atoms with Crippen molar-refractivity contribution in [3.05, 3.63) is 11.6 Å². The lowest BCUT2D eigenvalue weighted by Crippen LogP contribution is -2.67. The topological polar surface area (TPSA) is 276 Å². The molecule has 0 unspecified atom stereocenters. The molecule has 0 bridgehead atoms.